The molecule has 2 amide bonds. The molecule has 0 unspecified atom stereocenters. The molecule has 12 heteroatoms. The number of methoxy groups -OCH3 is 1. The van der Waals surface area contributed by atoms with Gasteiger partial charge in [0.15, 0.2) is 0 Å². The van der Waals surface area contributed by atoms with Crippen molar-refractivity contribution in [2.75, 3.05) is 24.5 Å². The maximum Gasteiger partial charge on any atom is 0.264 e. The molecule has 0 aromatic heterocycles. The third kappa shape index (κ3) is 9.41. The van der Waals surface area contributed by atoms with E-state index in [9.17, 15) is 18.0 Å². The van der Waals surface area contributed by atoms with Crippen molar-refractivity contribution in [2.24, 2.45) is 0 Å². The van der Waals surface area contributed by atoms with Crippen LogP contribution in [0.25, 0.3) is 0 Å². The summed E-state index contributed by atoms with van der Waals surface area (Å²) < 4.78 is 34.9. The lowest BCUT2D eigenvalue weighted by molar-refractivity contribution is -0.140. The molecule has 4 aromatic carbocycles. The van der Waals surface area contributed by atoms with Gasteiger partial charge in [0.05, 0.1) is 27.7 Å². The average Bonchev–Trinajstić information content (AvgIpc) is 3.07. The highest BCUT2D eigenvalue weighted by Gasteiger charge is 2.35. The van der Waals surface area contributed by atoms with Crippen LogP contribution in [0.15, 0.2) is 102 Å². The highest BCUT2D eigenvalue weighted by molar-refractivity contribution is 7.92. The molecule has 1 atom stereocenters. The molecule has 0 aliphatic heterocycles. The number of rotatable bonds is 15. The van der Waals surface area contributed by atoms with Crippen molar-refractivity contribution in [3.05, 3.63) is 123 Å². The van der Waals surface area contributed by atoms with Gasteiger partial charge in [-0.15, -0.1) is 0 Å². The number of halogens is 3. The molecule has 0 spiro atoms. The number of benzene rings is 4. The molecule has 0 heterocycles. The molecule has 0 fully saturated rings. The van der Waals surface area contributed by atoms with E-state index in [1.807, 2.05) is 37.3 Å². The van der Waals surface area contributed by atoms with E-state index < -0.39 is 28.5 Å². The fourth-order valence-electron chi connectivity index (χ4n) is 4.99. The monoisotopic (exact) mass is 715 g/mol. The van der Waals surface area contributed by atoms with Crippen LogP contribution in [0.1, 0.15) is 30.9 Å². The second-order valence-corrected chi connectivity index (χ2v) is 13.9. The van der Waals surface area contributed by atoms with E-state index in [1.54, 1.807) is 42.5 Å². The summed E-state index contributed by atoms with van der Waals surface area (Å²) in [7, 11) is -2.93. The minimum absolute atomic E-state index is 0.0380. The maximum atomic E-state index is 14.6. The minimum Gasteiger partial charge on any atom is -0.495 e. The summed E-state index contributed by atoms with van der Waals surface area (Å²) >= 11 is 18.9. The molecule has 248 valence electrons. The molecule has 0 aliphatic rings. The lowest BCUT2D eigenvalue weighted by atomic mass is 10.0. The number of carbonyl (C=O) groups is 2. The van der Waals surface area contributed by atoms with Crippen LogP contribution in [-0.4, -0.2) is 51.4 Å². The van der Waals surface area contributed by atoms with Crippen LogP contribution in [0.3, 0.4) is 0 Å². The van der Waals surface area contributed by atoms with Crippen molar-refractivity contribution in [3.63, 3.8) is 0 Å². The molecule has 0 bridgehead atoms. The number of sulfonamides is 1. The van der Waals surface area contributed by atoms with Crippen LogP contribution in [0.2, 0.25) is 15.1 Å². The van der Waals surface area contributed by atoms with Crippen LogP contribution in [0.4, 0.5) is 5.69 Å². The van der Waals surface area contributed by atoms with E-state index in [0.717, 1.165) is 22.7 Å². The van der Waals surface area contributed by atoms with Crippen LogP contribution >= 0.6 is 34.8 Å². The predicted molar refractivity (Wildman–Crippen MR) is 188 cm³/mol. The fourth-order valence-corrected chi connectivity index (χ4v) is 6.91. The largest absolute Gasteiger partial charge is 0.495 e. The first-order valence-electron chi connectivity index (χ1n) is 15.0. The highest BCUT2D eigenvalue weighted by Crippen LogP contribution is 2.35. The zero-order valence-electron chi connectivity index (χ0n) is 26.0. The molecule has 0 saturated heterocycles. The Hall–Kier alpha value is -3.76. The molecule has 0 radical (unpaired) electrons. The Labute approximate surface area is 291 Å². The quantitative estimate of drug-likeness (QED) is 0.129. The Bertz CT molecular complexity index is 1780. The standard InChI is InChI=1S/C35H36Cl3N3O5S/c1-3-4-19-39-35(43)32(21-25-11-7-5-8-12-25)40(23-26-15-17-29(37)30(38)20-26)34(42)24-41(31-22-27(36)16-18-33(31)46-2)47(44,45)28-13-9-6-10-14-28/h5-18,20,22,32H,3-4,19,21,23-24H2,1-2H3,(H,39,43)/t32-/m0/s1. The fraction of sp³-hybridized carbons (Fsp3) is 0.257. The number of hydrogen-bond acceptors (Lipinski definition) is 5. The third-order valence-corrected chi connectivity index (χ3v) is 10.2. The Morgan fingerprint density at radius 1 is 0.851 bits per heavy atom. The summed E-state index contributed by atoms with van der Waals surface area (Å²) in [6.07, 6.45) is 1.79. The van der Waals surface area contributed by atoms with Crippen molar-refractivity contribution in [1.82, 2.24) is 10.2 Å². The first-order chi connectivity index (χ1) is 22.5. The molecule has 1 N–H and O–H groups in total. The van der Waals surface area contributed by atoms with Crippen LogP contribution < -0.4 is 14.4 Å². The maximum absolute atomic E-state index is 14.6. The summed E-state index contributed by atoms with van der Waals surface area (Å²) in [4.78, 5) is 29.8. The normalized spacial score (nSPS) is 11.9. The molecular formula is C35H36Cl3N3O5S. The molecule has 0 saturated carbocycles. The van der Waals surface area contributed by atoms with Crippen LogP contribution in [0, 0.1) is 0 Å². The molecular weight excluding hydrogens is 681 g/mol. The van der Waals surface area contributed by atoms with Gasteiger partial charge in [0, 0.05) is 24.5 Å². The second-order valence-electron chi connectivity index (χ2n) is 10.8. The molecule has 8 nitrogen and oxygen atoms in total. The molecule has 4 aromatic rings. The molecule has 47 heavy (non-hydrogen) atoms. The zero-order chi connectivity index (χ0) is 34.0. The number of ether oxygens (including phenoxy) is 1. The lowest BCUT2D eigenvalue weighted by Gasteiger charge is -2.34. The van der Waals surface area contributed by atoms with E-state index in [4.69, 9.17) is 39.5 Å². The van der Waals surface area contributed by atoms with E-state index in [0.29, 0.717) is 17.1 Å². The Kier molecular flexibility index (Phi) is 13.0. The number of nitrogens with one attached hydrogen (secondary N) is 1. The lowest BCUT2D eigenvalue weighted by Crippen LogP contribution is -2.53. The second kappa shape index (κ2) is 16.9. The Balaban J connectivity index is 1.84. The van der Waals surface area contributed by atoms with Crippen molar-refractivity contribution < 1.29 is 22.7 Å². The van der Waals surface area contributed by atoms with E-state index >= 15 is 0 Å². The van der Waals surface area contributed by atoms with E-state index in [-0.39, 0.29) is 45.3 Å². The van der Waals surface area contributed by atoms with Gasteiger partial charge < -0.3 is 15.0 Å². The van der Waals surface area contributed by atoms with Gasteiger partial charge in [0.25, 0.3) is 10.0 Å². The van der Waals surface area contributed by atoms with Crippen molar-refractivity contribution in [1.29, 1.82) is 0 Å². The molecule has 4 rings (SSSR count). The SMILES string of the molecule is CCCCNC(=O)[C@H](Cc1ccccc1)N(Cc1ccc(Cl)c(Cl)c1)C(=O)CN(c1cc(Cl)ccc1OC)S(=O)(=O)c1ccccc1. The predicted octanol–water partition coefficient (Wildman–Crippen LogP) is 7.41. The number of unbranched alkanes of at least 4 members (excludes halogenated alkanes) is 1. The van der Waals surface area contributed by atoms with E-state index in [1.165, 1.54) is 36.3 Å². The van der Waals surface area contributed by atoms with Gasteiger partial charge in [-0.2, -0.15) is 0 Å². The van der Waals surface area contributed by atoms with Gasteiger partial charge in [0.2, 0.25) is 11.8 Å². The summed E-state index contributed by atoms with van der Waals surface area (Å²) in [6.45, 7) is 1.71. The Morgan fingerprint density at radius 3 is 2.17 bits per heavy atom. The Morgan fingerprint density at radius 2 is 1.53 bits per heavy atom. The van der Waals surface area contributed by atoms with Gasteiger partial charge in [-0.3, -0.25) is 13.9 Å². The summed E-state index contributed by atoms with van der Waals surface area (Å²) in [6, 6.07) is 25.5. The summed E-state index contributed by atoms with van der Waals surface area (Å²) in [5, 5.41) is 3.82. The molecule has 0 aliphatic carbocycles. The topological polar surface area (TPSA) is 96.0 Å². The number of amides is 2. The van der Waals surface area contributed by atoms with Gasteiger partial charge >= 0.3 is 0 Å². The smallest absolute Gasteiger partial charge is 0.264 e. The first-order valence-corrected chi connectivity index (χ1v) is 17.6. The van der Waals surface area contributed by atoms with Gasteiger partial charge in [-0.25, -0.2) is 8.42 Å². The van der Waals surface area contributed by atoms with Gasteiger partial charge in [0.1, 0.15) is 18.3 Å². The van der Waals surface area contributed by atoms with Crippen molar-refractivity contribution in [2.45, 2.75) is 43.7 Å². The first kappa shape index (κ1) is 36.1. The number of anilines is 1. The summed E-state index contributed by atoms with van der Waals surface area (Å²) in [5.74, 6) is -0.812. The minimum atomic E-state index is -4.33. The van der Waals surface area contributed by atoms with Crippen LogP contribution in [-0.2, 0) is 32.6 Å². The number of hydrogen-bond donors (Lipinski definition) is 1. The average molecular weight is 717 g/mol. The van der Waals surface area contributed by atoms with Crippen molar-refractivity contribution >= 4 is 62.3 Å². The van der Waals surface area contributed by atoms with Crippen molar-refractivity contribution in [3.8, 4) is 5.75 Å². The van der Waals surface area contributed by atoms with E-state index in [2.05, 4.69) is 5.32 Å². The third-order valence-electron chi connectivity index (χ3n) is 7.46. The summed E-state index contributed by atoms with van der Waals surface area (Å²) in [5.41, 5.74) is 1.49. The zero-order valence-corrected chi connectivity index (χ0v) is 29.1. The number of carbonyl (C=O) groups excluding carboxylic acids is 2. The number of nitrogens with zero attached hydrogens (tertiary/aromatic N) is 2. The van der Waals surface area contributed by atoms with Gasteiger partial charge in [-0.05, 0) is 60.0 Å². The van der Waals surface area contributed by atoms with Gasteiger partial charge in [-0.1, -0.05) is 103 Å². The van der Waals surface area contributed by atoms with Crippen LogP contribution in [0.5, 0.6) is 5.75 Å². The highest BCUT2D eigenvalue weighted by atomic mass is 35.5.